The fourth-order valence-electron chi connectivity index (χ4n) is 1.85. The monoisotopic (exact) mass is 285 g/mol. The number of hydrogen-bond donors (Lipinski definition) is 2. The zero-order chi connectivity index (χ0) is 15.1. The molecule has 0 aliphatic heterocycles. The summed E-state index contributed by atoms with van der Waals surface area (Å²) >= 11 is 0. The zero-order valence-electron chi connectivity index (χ0n) is 12.2. The number of hydrogen-bond acceptors (Lipinski definition) is 6. The molecule has 0 aliphatic rings. The third-order valence-corrected chi connectivity index (χ3v) is 2.95. The number of rotatable bonds is 6. The van der Waals surface area contributed by atoms with Gasteiger partial charge in [0.15, 0.2) is 0 Å². The molecule has 0 radical (unpaired) electrons. The lowest BCUT2D eigenvalue weighted by Gasteiger charge is -2.16. The number of nitrogen functional groups attached to an aromatic ring is 1. The maximum absolute atomic E-state index is 5.88. The van der Waals surface area contributed by atoms with Crippen LogP contribution in [0.2, 0.25) is 0 Å². The van der Waals surface area contributed by atoms with Gasteiger partial charge in [-0.25, -0.2) is 9.97 Å². The number of nitrogens with one attached hydrogen (secondary N) is 1. The predicted molar refractivity (Wildman–Crippen MR) is 84.1 cm³/mol. The van der Waals surface area contributed by atoms with E-state index in [1.807, 2.05) is 25.1 Å². The van der Waals surface area contributed by atoms with Crippen LogP contribution in [-0.4, -0.2) is 22.8 Å². The Hall–Kier alpha value is -2.63. The van der Waals surface area contributed by atoms with Crippen LogP contribution in [0.3, 0.4) is 0 Å². The molecule has 0 saturated heterocycles. The van der Waals surface area contributed by atoms with Gasteiger partial charge in [-0.1, -0.05) is 35.5 Å². The Bertz CT molecular complexity index is 600. The van der Waals surface area contributed by atoms with Gasteiger partial charge in [-0.3, -0.25) is 0 Å². The lowest BCUT2D eigenvalue weighted by Crippen LogP contribution is -2.12. The molecule has 21 heavy (non-hydrogen) atoms. The zero-order valence-corrected chi connectivity index (χ0v) is 12.2. The molecular formula is C15H19N5O. The number of aromatic nitrogens is 2. The highest BCUT2D eigenvalue weighted by Gasteiger charge is 2.11. The van der Waals surface area contributed by atoms with E-state index in [9.17, 15) is 0 Å². The fraction of sp³-hybridized carbons (Fsp3) is 0.267. The van der Waals surface area contributed by atoms with E-state index in [1.165, 1.54) is 12.5 Å². The first-order chi connectivity index (χ1) is 10.2. The number of anilines is 2. The largest absolute Gasteiger partial charge is 0.396 e. The summed E-state index contributed by atoms with van der Waals surface area (Å²) in [6.07, 6.45) is 2.95. The van der Waals surface area contributed by atoms with Gasteiger partial charge in [0.1, 0.15) is 24.6 Å². The summed E-state index contributed by atoms with van der Waals surface area (Å²) in [7, 11) is 0. The molecule has 1 aromatic carbocycles. The van der Waals surface area contributed by atoms with Gasteiger partial charge in [-0.05, 0) is 19.4 Å². The first-order valence-electron chi connectivity index (χ1n) is 6.79. The standard InChI is InChI=1S/C15H19N5O/c1-3-21-19-9-13-14(16)17-10-18-15(13)20-11(2)12-7-5-4-6-8-12/h4-11H,3H2,1-2H3,(H3,16,17,18,20)/t11-/m0/s1. The first kappa shape index (κ1) is 14.8. The van der Waals surface area contributed by atoms with Crippen LogP contribution in [-0.2, 0) is 4.84 Å². The molecule has 6 nitrogen and oxygen atoms in total. The van der Waals surface area contributed by atoms with Crippen LogP contribution in [0.4, 0.5) is 11.6 Å². The minimum atomic E-state index is 0.0831. The molecule has 0 saturated carbocycles. The van der Waals surface area contributed by atoms with Crippen LogP contribution >= 0.6 is 0 Å². The van der Waals surface area contributed by atoms with Crippen LogP contribution in [0.15, 0.2) is 41.8 Å². The van der Waals surface area contributed by atoms with E-state index in [1.54, 1.807) is 0 Å². The van der Waals surface area contributed by atoms with Gasteiger partial charge in [-0.2, -0.15) is 0 Å². The van der Waals surface area contributed by atoms with Crippen molar-refractivity contribution in [3.8, 4) is 0 Å². The molecule has 0 bridgehead atoms. The van der Waals surface area contributed by atoms with Crippen molar-refractivity contribution in [3.05, 3.63) is 47.8 Å². The molecule has 2 aromatic rings. The summed E-state index contributed by atoms with van der Waals surface area (Å²) in [5.41, 5.74) is 7.65. The molecule has 2 rings (SSSR count). The van der Waals surface area contributed by atoms with Crippen LogP contribution in [0.5, 0.6) is 0 Å². The second kappa shape index (κ2) is 7.23. The van der Waals surface area contributed by atoms with Crippen molar-refractivity contribution in [2.75, 3.05) is 17.7 Å². The molecule has 110 valence electrons. The Labute approximate surface area is 124 Å². The highest BCUT2D eigenvalue weighted by Crippen LogP contribution is 2.21. The second-order valence-corrected chi connectivity index (χ2v) is 4.45. The summed E-state index contributed by atoms with van der Waals surface area (Å²) in [6.45, 7) is 4.41. The minimum Gasteiger partial charge on any atom is -0.396 e. The lowest BCUT2D eigenvalue weighted by atomic mass is 10.1. The van der Waals surface area contributed by atoms with E-state index >= 15 is 0 Å². The van der Waals surface area contributed by atoms with Gasteiger partial charge in [0.2, 0.25) is 0 Å². The van der Waals surface area contributed by atoms with Gasteiger partial charge < -0.3 is 15.9 Å². The number of oxime groups is 1. The van der Waals surface area contributed by atoms with Crippen molar-refractivity contribution < 1.29 is 4.84 Å². The molecule has 1 heterocycles. The summed E-state index contributed by atoms with van der Waals surface area (Å²) in [4.78, 5) is 13.2. The quantitative estimate of drug-likeness (QED) is 0.629. The molecule has 0 aliphatic carbocycles. The van der Waals surface area contributed by atoms with E-state index in [0.717, 1.165) is 5.56 Å². The molecule has 0 amide bonds. The Balaban J connectivity index is 2.21. The summed E-state index contributed by atoms with van der Waals surface area (Å²) < 4.78 is 0. The van der Waals surface area contributed by atoms with Gasteiger partial charge in [0.05, 0.1) is 11.8 Å². The molecule has 3 N–H and O–H groups in total. The minimum absolute atomic E-state index is 0.0831. The van der Waals surface area contributed by atoms with E-state index in [-0.39, 0.29) is 6.04 Å². The topological polar surface area (TPSA) is 85.4 Å². The maximum atomic E-state index is 5.88. The SMILES string of the molecule is CCON=Cc1c(N)ncnc1N[C@@H](C)c1ccccc1. The van der Waals surface area contributed by atoms with Crippen molar-refractivity contribution >= 4 is 17.9 Å². The Morgan fingerprint density at radius 2 is 2.10 bits per heavy atom. The van der Waals surface area contributed by atoms with Crippen LogP contribution in [0, 0.1) is 0 Å². The molecule has 1 aromatic heterocycles. The van der Waals surface area contributed by atoms with Gasteiger partial charge in [-0.15, -0.1) is 0 Å². The third kappa shape index (κ3) is 3.92. The molecule has 0 spiro atoms. The third-order valence-electron chi connectivity index (χ3n) is 2.95. The number of nitrogens with two attached hydrogens (primary N) is 1. The van der Waals surface area contributed by atoms with E-state index in [0.29, 0.717) is 23.8 Å². The van der Waals surface area contributed by atoms with E-state index in [2.05, 4.69) is 39.5 Å². The van der Waals surface area contributed by atoms with Crippen molar-refractivity contribution in [1.82, 2.24) is 9.97 Å². The molecule has 0 unspecified atom stereocenters. The fourth-order valence-corrected chi connectivity index (χ4v) is 1.85. The highest BCUT2D eigenvalue weighted by atomic mass is 16.6. The van der Waals surface area contributed by atoms with Crippen molar-refractivity contribution in [2.24, 2.45) is 5.16 Å². The second-order valence-electron chi connectivity index (χ2n) is 4.45. The van der Waals surface area contributed by atoms with Crippen molar-refractivity contribution in [1.29, 1.82) is 0 Å². The Kier molecular flexibility index (Phi) is 5.09. The maximum Gasteiger partial charge on any atom is 0.141 e. The summed E-state index contributed by atoms with van der Waals surface area (Å²) in [5.74, 6) is 0.985. The van der Waals surface area contributed by atoms with Gasteiger partial charge in [0, 0.05) is 6.04 Å². The van der Waals surface area contributed by atoms with E-state index < -0.39 is 0 Å². The summed E-state index contributed by atoms with van der Waals surface area (Å²) in [6, 6.07) is 10.2. The highest BCUT2D eigenvalue weighted by molar-refractivity contribution is 5.91. The van der Waals surface area contributed by atoms with Crippen LogP contribution in [0.25, 0.3) is 0 Å². The van der Waals surface area contributed by atoms with E-state index in [4.69, 9.17) is 10.6 Å². The molecule has 0 fully saturated rings. The van der Waals surface area contributed by atoms with Crippen molar-refractivity contribution in [2.45, 2.75) is 19.9 Å². The number of benzene rings is 1. The van der Waals surface area contributed by atoms with Crippen molar-refractivity contribution in [3.63, 3.8) is 0 Å². The van der Waals surface area contributed by atoms with Crippen LogP contribution < -0.4 is 11.1 Å². The molecular weight excluding hydrogens is 266 g/mol. The van der Waals surface area contributed by atoms with Crippen LogP contribution in [0.1, 0.15) is 31.0 Å². The summed E-state index contributed by atoms with van der Waals surface area (Å²) in [5, 5.41) is 7.15. The smallest absolute Gasteiger partial charge is 0.141 e. The predicted octanol–water partition coefficient (Wildman–Crippen LogP) is 2.60. The molecule has 6 heteroatoms. The number of nitrogens with zero attached hydrogens (tertiary/aromatic N) is 3. The van der Waals surface area contributed by atoms with Gasteiger partial charge >= 0.3 is 0 Å². The average Bonchev–Trinajstić information content (AvgIpc) is 2.51. The normalized spacial score (nSPS) is 12.3. The molecule has 1 atom stereocenters. The Morgan fingerprint density at radius 3 is 2.81 bits per heavy atom. The average molecular weight is 285 g/mol. The first-order valence-corrected chi connectivity index (χ1v) is 6.79. The Morgan fingerprint density at radius 1 is 1.33 bits per heavy atom. The lowest BCUT2D eigenvalue weighted by molar-refractivity contribution is 0.160. The van der Waals surface area contributed by atoms with Gasteiger partial charge in [0.25, 0.3) is 0 Å².